The van der Waals surface area contributed by atoms with Crippen molar-refractivity contribution in [2.75, 3.05) is 0 Å². The Labute approximate surface area is 122 Å². The SMILES string of the molecule is CCc1ccc(C2CC2C(=O)On2c(O)ccc2O)cc1. The van der Waals surface area contributed by atoms with E-state index in [9.17, 15) is 15.0 Å². The maximum absolute atomic E-state index is 12.0. The van der Waals surface area contributed by atoms with Gasteiger partial charge in [0.1, 0.15) is 0 Å². The maximum atomic E-state index is 12.0. The molecule has 1 aromatic heterocycles. The molecule has 1 fully saturated rings. The van der Waals surface area contributed by atoms with Crippen LogP contribution in [0.5, 0.6) is 11.8 Å². The fraction of sp³-hybridized carbons (Fsp3) is 0.312. The molecule has 5 nitrogen and oxygen atoms in total. The molecule has 1 saturated carbocycles. The number of hydrogen-bond donors (Lipinski definition) is 2. The topological polar surface area (TPSA) is 71.7 Å². The minimum atomic E-state index is -0.443. The molecular formula is C16H17NO4. The summed E-state index contributed by atoms with van der Waals surface area (Å²) in [6.07, 6.45) is 1.72. The van der Waals surface area contributed by atoms with Gasteiger partial charge in [0.25, 0.3) is 0 Å². The van der Waals surface area contributed by atoms with Gasteiger partial charge in [-0.3, -0.25) is 0 Å². The van der Waals surface area contributed by atoms with Crippen molar-refractivity contribution < 1.29 is 19.8 Å². The number of benzene rings is 1. The van der Waals surface area contributed by atoms with Gasteiger partial charge in [-0.15, -0.1) is 4.73 Å². The normalized spacial score (nSPS) is 20.2. The summed E-state index contributed by atoms with van der Waals surface area (Å²) in [7, 11) is 0. The third-order valence-corrected chi connectivity index (χ3v) is 3.89. The fourth-order valence-corrected chi connectivity index (χ4v) is 2.48. The van der Waals surface area contributed by atoms with Crippen LogP contribution < -0.4 is 4.84 Å². The molecule has 2 aromatic rings. The lowest BCUT2D eigenvalue weighted by atomic mass is 10.1. The second-order valence-electron chi connectivity index (χ2n) is 5.30. The lowest BCUT2D eigenvalue weighted by Crippen LogP contribution is -2.21. The molecule has 2 unspecified atom stereocenters. The Bertz CT molecular complexity index is 640. The van der Waals surface area contributed by atoms with Crippen LogP contribution in [0.3, 0.4) is 0 Å². The van der Waals surface area contributed by atoms with Gasteiger partial charge in [0.2, 0.25) is 11.8 Å². The Balaban J connectivity index is 1.65. The zero-order chi connectivity index (χ0) is 15.0. The molecule has 110 valence electrons. The van der Waals surface area contributed by atoms with Gasteiger partial charge in [-0.2, -0.15) is 0 Å². The summed E-state index contributed by atoms with van der Waals surface area (Å²) < 4.78 is 0.734. The van der Waals surface area contributed by atoms with E-state index in [0.717, 1.165) is 23.1 Å². The standard InChI is InChI=1S/C16H17NO4/c1-2-10-3-5-11(6-4-10)12-9-13(12)16(20)21-17-14(18)7-8-15(17)19/h3-8,12-13,18-19H,2,9H2,1H3. The first-order valence-electron chi connectivity index (χ1n) is 7.01. The molecule has 3 rings (SSSR count). The smallest absolute Gasteiger partial charge is 0.336 e. The van der Waals surface area contributed by atoms with Crippen LogP contribution in [0.4, 0.5) is 0 Å². The van der Waals surface area contributed by atoms with E-state index in [2.05, 4.69) is 19.1 Å². The summed E-state index contributed by atoms with van der Waals surface area (Å²) in [5, 5.41) is 18.9. The molecule has 0 radical (unpaired) electrons. The van der Waals surface area contributed by atoms with Gasteiger partial charge < -0.3 is 15.1 Å². The summed E-state index contributed by atoms with van der Waals surface area (Å²) in [5.41, 5.74) is 2.39. The molecule has 2 N–H and O–H groups in total. The molecule has 5 heteroatoms. The van der Waals surface area contributed by atoms with Gasteiger partial charge in [0, 0.05) is 12.1 Å². The van der Waals surface area contributed by atoms with Crippen molar-refractivity contribution in [2.24, 2.45) is 5.92 Å². The van der Waals surface area contributed by atoms with Crippen LogP contribution in [0, 0.1) is 5.92 Å². The summed E-state index contributed by atoms with van der Waals surface area (Å²) in [4.78, 5) is 17.0. The van der Waals surface area contributed by atoms with Crippen molar-refractivity contribution in [3.8, 4) is 11.8 Å². The Morgan fingerprint density at radius 1 is 1.19 bits per heavy atom. The third kappa shape index (κ3) is 2.59. The summed E-state index contributed by atoms with van der Waals surface area (Å²) >= 11 is 0. The van der Waals surface area contributed by atoms with E-state index in [1.54, 1.807) is 0 Å². The first-order chi connectivity index (χ1) is 10.1. The van der Waals surface area contributed by atoms with Crippen LogP contribution in [0.1, 0.15) is 30.4 Å². The van der Waals surface area contributed by atoms with Gasteiger partial charge in [0.15, 0.2) is 0 Å². The van der Waals surface area contributed by atoms with Crippen LogP contribution in [0.25, 0.3) is 0 Å². The van der Waals surface area contributed by atoms with Gasteiger partial charge in [0.05, 0.1) is 5.92 Å². The van der Waals surface area contributed by atoms with Crippen molar-refractivity contribution in [3.05, 3.63) is 47.5 Å². The van der Waals surface area contributed by atoms with Crippen LogP contribution in [-0.4, -0.2) is 20.9 Å². The van der Waals surface area contributed by atoms with Crippen molar-refractivity contribution in [1.82, 2.24) is 4.73 Å². The number of nitrogens with zero attached hydrogens (tertiary/aromatic N) is 1. The fourth-order valence-electron chi connectivity index (χ4n) is 2.48. The second-order valence-corrected chi connectivity index (χ2v) is 5.30. The number of carbonyl (C=O) groups is 1. The van der Waals surface area contributed by atoms with Crippen molar-refractivity contribution in [1.29, 1.82) is 0 Å². The van der Waals surface area contributed by atoms with E-state index >= 15 is 0 Å². The molecule has 0 spiro atoms. The van der Waals surface area contributed by atoms with Crippen LogP contribution in [0.15, 0.2) is 36.4 Å². The lowest BCUT2D eigenvalue weighted by molar-refractivity contribution is -0.147. The highest BCUT2D eigenvalue weighted by Crippen LogP contribution is 2.48. The summed E-state index contributed by atoms with van der Waals surface area (Å²) in [6.45, 7) is 2.10. The monoisotopic (exact) mass is 287 g/mol. The number of hydrogen-bond acceptors (Lipinski definition) is 4. The highest BCUT2D eigenvalue weighted by molar-refractivity contribution is 5.77. The number of aromatic hydroxyl groups is 2. The zero-order valence-electron chi connectivity index (χ0n) is 11.7. The zero-order valence-corrected chi connectivity index (χ0v) is 11.7. The van der Waals surface area contributed by atoms with Crippen LogP contribution in [-0.2, 0) is 11.2 Å². The van der Waals surface area contributed by atoms with Crippen molar-refractivity contribution in [3.63, 3.8) is 0 Å². The second kappa shape index (κ2) is 5.16. The van der Waals surface area contributed by atoms with E-state index in [0.29, 0.717) is 0 Å². The molecule has 1 aromatic carbocycles. The molecular weight excluding hydrogens is 270 g/mol. The number of aryl methyl sites for hydroxylation is 1. The largest absolute Gasteiger partial charge is 0.492 e. The summed E-state index contributed by atoms with van der Waals surface area (Å²) in [5.74, 6) is -1.11. The van der Waals surface area contributed by atoms with Gasteiger partial charge in [-0.05, 0) is 29.9 Å². The van der Waals surface area contributed by atoms with E-state index in [-0.39, 0.29) is 23.6 Å². The van der Waals surface area contributed by atoms with E-state index in [1.807, 2.05) is 12.1 Å². The van der Waals surface area contributed by atoms with Gasteiger partial charge >= 0.3 is 5.97 Å². The Kier molecular flexibility index (Phi) is 3.33. The Morgan fingerprint density at radius 2 is 1.81 bits per heavy atom. The quantitative estimate of drug-likeness (QED) is 0.904. The van der Waals surface area contributed by atoms with E-state index < -0.39 is 5.97 Å². The maximum Gasteiger partial charge on any atom is 0.336 e. The van der Waals surface area contributed by atoms with Crippen molar-refractivity contribution in [2.45, 2.75) is 25.7 Å². The Morgan fingerprint density at radius 3 is 2.38 bits per heavy atom. The molecule has 21 heavy (non-hydrogen) atoms. The predicted molar refractivity (Wildman–Crippen MR) is 76.0 cm³/mol. The predicted octanol–water partition coefficient (Wildman–Crippen LogP) is 2.22. The minimum Gasteiger partial charge on any atom is -0.492 e. The first-order valence-corrected chi connectivity index (χ1v) is 7.01. The number of carbonyl (C=O) groups excluding carboxylic acids is 1. The Hall–Kier alpha value is -2.43. The highest BCUT2D eigenvalue weighted by atomic mass is 16.7. The molecule has 2 atom stereocenters. The van der Waals surface area contributed by atoms with Crippen molar-refractivity contribution >= 4 is 5.97 Å². The molecule has 0 saturated heterocycles. The van der Waals surface area contributed by atoms with E-state index in [1.165, 1.54) is 17.7 Å². The average molecular weight is 287 g/mol. The molecule has 1 aliphatic carbocycles. The highest BCUT2D eigenvalue weighted by Gasteiger charge is 2.46. The minimum absolute atomic E-state index is 0.156. The van der Waals surface area contributed by atoms with Gasteiger partial charge in [-0.1, -0.05) is 31.2 Å². The summed E-state index contributed by atoms with van der Waals surface area (Å²) in [6, 6.07) is 10.7. The van der Waals surface area contributed by atoms with Crippen LogP contribution in [0.2, 0.25) is 0 Å². The van der Waals surface area contributed by atoms with Crippen LogP contribution >= 0.6 is 0 Å². The third-order valence-electron chi connectivity index (χ3n) is 3.89. The molecule has 0 amide bonds. The van der Waals surface area contributed by atoms with Gasteiger partial charge in [-0.25, -0.2) is 4.79 Å². The average Bonchev–Trinajstić information content (AvgIpc) is 3.24. The molecule has 1 heterocycles. The molecule has 0 aliphatic heterocycles. The number of rotatable bonds is 4. The first kappa shape index (κ1) is 13.5. The molecule has 1 aliphatic rings. The van der Waals surface area contributed by atoms with E-state index in [4.69, 9.17) is 4.84 Å². The lowest BCUT2D eigenvalue weighted by Gasteiger charge is -2.07. The number of aromatic nitrogens is 1. The molecule has 0 bridgehead atoms.